The summed E-state index contributed by atoms with van der Waals surface area (Å²) in [6, 6.07) is 14.7. The van der Waals surface area contributed by atoms with Crippen LogP contribution in [0, 0.1) is 12.7 Å². The van der Waals surface area contributed by atoms with E-state index in [1.165, 1.54) is 13.2 Å². The molecule has 4 rings (SSSR count). The fourth-order valence-corrected chi connectivity index (χ4v) is 3.95. The highest BCUT2D eigenvalue weighted by Crippen LogP contribution is 2.29. The molecule has 0 unspecified atom stereocenters. The monoisotopic (exact) mass is 422 g/mol. The van der Waals surface area contributed by atoms with Gasteiger partial charge in [0.1, 0.15) is 17.3 Å². The number of methoxy groups -OCH3 is 1. The van der Waals surface area contributed by atoms with Crippen LogP contribution in [0.4, 0.5) is 4.39 Å². The van der Waals surface area contributed by atoms with Crippen molar-refractivity contribution < 1.29 is 9.13 Å². The van der Waals surface area contributed by atoms with Crippen LogP contribution in [-0.2, 0) is 6.54 Å². The van der Waals surface area contributed by atoms with Crippen LogP contribution >= 0.6 is 11.3 Å². The number of nitrogens with zero attached hydrogens (tertiary/aromatic N) is 3. The van der Waals surface area contributed by atoms with E-state index in [4.69, 9.17) is 9.84 Å². The van der Waals surface area contributed by atoms with Crippen LogP contribution in [0.3, 0.4) is 0 Å². The maximum atomic E-state index is 14.8. The van der Waals surface area contributed by atoms with Gasteiger partial charge in [0.05, 0.1) is 23.5 Å². The lowest BCUT2D eigenvalue weighted by Crippen LogP contribution is -2.18. The molecule has 0 radical (unpaired) electrons. The topological polar surface area (TPSA) is 52.0 Å². The fourth-order valence-electron chi connectivity index (χ4n) is 3.24. The lowest BCUT2D eigenvalue weighted by Gasteiger charge is -2.12. The van der Waals surface area contributed by atoms with Crippen molar-refractivity contribution in [2.24, 2.45) is 0 Å². The summed E-state index contributed by atoms with van der Waals surface area (Å²) in [5, 5.41) is 11.3. The summed E-state index contributed by atoms with van der Waals surface area (Å²) in [7, 11) is 1.52. The Balaban J connectivity index is 1.68. The Morgan fingerprint density at radius 3 is 2.67 bits per heavy atom. The predicted molar refractivity (Wildman–Crippen MR) is 118 cm³/mol. The van der Waals surface area contributed by atoms with Gasteiger partial charge in [0.25, 0.3) is 0 Å². The summed E-state index contributed by atoms with van der Waals surface area (Å²) in [5.41, 5.74) is 3.88. The average molecular weight is 423 g/mol. The van der Waals surface area contributed by atoms with E-state index >= 15 is 0 Å². The molecule has 2 heterocycles. The van der Waals surface area contributed by atoms with Crippen molar-refractivity contribution in [1.29, 1.82) is 0 Å². The Hall–Kier alpha value is -3.03. The SMILES string of the molecule is COc1ccc(-c2nn(-c3ccccc3)cc2CN[C@H](C)c2csc(C)n2)c(F)c1. The molecule has 1 N–H and O–H groups in total. The largest absolute Gasteiger partial charge is 0.497 e. The second-order valence-electron chi connectivity index (χ2n) is 7.02. The van der Waals surface area contributed by atoms with E-state index in [-0.39, 0.29) is 11.9 Å². The van der Waals surface area contributed by atoms with Gasteiger partial charge in [0.2, 0.25) is 0 Å². The summed E-state index contributed by atoms with van der Waals surface area (Å²) in [5.74, 6) is 0.114. The van der Waals surface area contributed by atoms with Crippen LogP contribution in [0.1, 0.15) is 29.2 Å². The van der Waals surface area contributed by atoms with Gasteiger partial charge >= 0.3 is 0 Å². The van der Waals surface area contributed by atoms with Crippen molar-refractivity contribution in [2.45, 2.75) is 26.4 Å². The molecule has 0 aliphatic carbocycles. The molecule has 2 aromatic carbocycles. The molecular weight excluding hydrogens is 399 g/mol. The minimum Gasteiger partial charge on any atom is -0.497 e. The van der Waals surface area contributed by atoms with E-state index in [2.05, 4.69) is 22.6 Å². The summed E-state index contributed by atoms with van der Waals surface area (Å²) < 4.78 is 21.7. The molecule has 1 atom stereocenters. The smallest absolute Gasteiger partial charge is 0.136 e. The van der Waals surface area contributed by atoms with Crippen LogP contribution in [0.15, 0.2) is 60.1 Å². The van der Waals surface area contributed by atoms with Crippen molar-refractivity contribution in [3.63, 3.8) is 0 Å². The number of aromatic nitrogens is 3. The van der Waals surface area contributed by atoms with E-state index in [1.807, 2.05) is 43.5 Å². The Bertz CT molecular complexity index is 1140. The van der Waals surface area contributed by atoms with Crippen molar-refractivity contribution >= 4 is 11.3 Å². The van der Waals surface area contributed by atoms with E-state index in [0.29, 0.717) is 23.6 Å². The number of halogens is 1. The number of para-hydroxylation sites is 1. The molecule has 0 saturated heterocycles. The molecule has 0 spiro atoms. The van der Waals surface area contributed by atoms with Gasteiger partial charge in [0, 0.05) is 41.4 Å². The summed E-state index contributed by atoms with van der Waals surface area (Å²) in [6.45, 7) is 4.60. The molecule has 2 aromatic heterocycles. The summed E-state index contributed by atoms with van der Waals surface area (Å²) in [4.78, 5) is 4.55. The number of nitrogens with one attached hydrogen (secondary N) is 1. The normalized spacial score (nSPS) is 12.1. The number of thiazole rings is 1. The zero-order valence-corrected chi connectivity index (χ0v) is 17.9. The van der Waals surface area contributed by atoms with Crippen LogP contribution < -0.4 is 10.1 Å². The molecular formula is C23H23FN4OS. The lowest BCUT2D eigenvalue weighted by atomic mass is 10.1. The Morgan fingerprint density at radius 1 is 1.20 bits per heavy atom. The third kappa shape index (κ3) is 4.27. The molecule has 30 heavy (non-hydrogen) atoms. The van der Waals surface area contributed by atoms with Gasteiger partial charge in [-0.15, -0.1) is 11.3 Å². The first-order chi connectivity index (χ1) is 14.5. The molecule has 4 aromatic rings. The van der Waals surface area contributed by atoms with Gasteiger partial charge in [-0.3, -0.25) is 0 Å². The molecule has 0 amide bonds. The van der Waals surface area contributed by atoms with E-state index < -0.39 is 0 Å². The average Bonchev–Trinajstić information content (AvgIpc) is 3.39. The zero-order valence-electron chi connectivity index (χ0n) is 17.1. The molecule has 7 heteroatoms. The Labute approximate surface area is 179 Å². The fraction of sp³-hybridized carbons (Fsp3) is 0.217. The maximum absolute atomic E-state index is 14.8. The number of hydrogen-bond acceptors (Lipinski definition) is 5. The first-order valence-corrected chi connectivity index (χ1v) is 10.6. The predicted octanol–water partition coefficient (Wildman–Crippen LogP) is 5.30. The summed E-state index contributed by atoms with van der Waals surface area (Å²) >= 11 is 1.63. The highest BCUT2D eigenvalue weighted by Gasteiger charge is 2.18. The van der Waals surface area contributed by atoms with Gasteiger partial charge in [0.15, 0.2) is 0 Å². The molecule has 0 fully saturated rings. The van der Waals surface area contributed by atoms with Gasteiger partial charge in [-0.05, 0) is 38.1 Å². The van der Waals surface area contributed by atoms with E-state index in [0.717, 1.165) is 22.0 Å². The summed E-state index contributed by atoms with van der Waals surface area (Å²) in [6.07, 6.45) is 1.94. The molecule has 154 valence electrons. The van der Waals surface area contributed by atoms with Gasteiger partial charge in [-0.25, -0.2) is 14.1 Å². The van der Waals surface area contributed by atoms with Gasteiger partial charge in [-0.1, -0.05) is 18.2 Å². The second kappa shape index (κ2) is 8.77. The molecule has 5 nitrogen and oxygen atoms in total. The van der Waals surface area contributed by atoms with E-state index in [1.54, 1.807) is 28.2 Å². The highest BCUT2D eigenvalue weighted by atomic mass is 32.1. The number of benzene rings is 2. The van der Waals surface area contributed by atoms with Crippen molar-refractivity contribution in [3.8, 4) is 22.7 Å². The van der Waals surface area contributed by atoms with Crippen molar-refractivity contribution in [2.75, 3.05) is 7.11 Å². The van der Waals surface area contributed by atoms with Crippen LogP contribution in [0.2, 0.25) is 0 Å². The van der Waals surface area contributed by atoms with Crippen LogP contribution in [0.25, 0.3) is 16.9 Å². The zero-order chi connectivity index (χ0) is 21.1. The number of rotatable bonds is 7. The third-order valence-electron chi connectivity index (χ3n) is 4.92. The van der Waals surface area contributed by atoms with Crippen molar-refractivity contribution in [1.82, 2.24) is 20.1 Å². The minimum atomic E-state index is -0.364. The van der Waals surface area contributed by atoms with Crippen LogP contribution in [0.5, 0.6) is 5.75 Å². The maximum Gasteiger partial charge on any atom is 0.136 e. The minimum absolute atomic E-state index is 0.0728. The number of hydrogen-bond donors (Lipinski definition) is 1. The molecule has 0 aliphatic rings. The van der Waals surface area contributed by atoms with Crippen LogP contribution in [-0.4, -0.2) is 21.9 Å². The first kappa shape index (κ1) is 20.3. The van der Waals surface area contributed by atoms with E-state index in [9.17, 15) is 4.39 Å². The second-order valence-corrected chi connectivity index (χ2v) is 8.09. The third-order valence-corrected chi connectivity index (χ3v) is 5.71. The quantitative estimate of drug-likeness (QED) is 0.439. The van der Waals surface area contributed by atoms with Gasteiger partial charge in [-0.2, -0.15) is 5.10 Å². The molecule has 0 saturated carbocycles. The lowest BCUT2D eigenvalue weighted by molar-refractivity contribution is 0.411. The first-order valence-electron chi connectivity index (χ1n) is 9.68. The Kier molecular flexibility index (Phi) is 5.92. The van der Waals surface area contributed by atoms with Crippen molar-refractivity contribution in [3.05, 3.63) is 82.2 Å². The Morgan fingerprint density at radius 2 is 2.00 bits per heavy atom. The highest BCUT2D eigenvalue weighted by molar-refractivity contribution is 7.09. The van der Waals surface area contributed by atoms with Gasteiger partial charge < -0.3 is 10.1 Å². The standard InChI is InChI=1S/C23H23FN4OS/c1-15(22-14-30-16(2)26-22)25-12-17-13-28(18-7-5-4-6-8-18)27-23(17)20-10-9-19(29-3)11-21(20)24/h4-11,13-15,25H,12H2,1-3H3/t15-/m1/s1. The number of ether oxygens (including phenoxy) is 1. The number of aryl methyl sites for hydroxylation is 1. The molecule has 0 aliphatic heterocycles. The molecule has 0 bridgehead atoms.